The molecular formula is C17H18F2N8. The lowest BCUT2D eigenvalue weighted by Crippen LogP contribution is -2.27. The van der Waals surface area contributed by atoms with Crippen LogP contribution in [0, 0.1) is 11.6 Å². The molecule has 10 heteroatoms. The van der Waals surface area contributed by atoms with Gasteiger partial charge in [0.1, 0.15) is 17.5 Å². The molecule has 0 fully saturated rings. The van der Waals surface area contributed by atoms with Gasteiger partial charge in [-0.2, -0.15) is 15.0 Å². The molecule has 140 valence electrons. The number of rotatable bonds is 4. The summed E-state index contributed by atoms with van der Waals surface area (Å²) in [7, 11) is 0. The quantitative estimate of drug-likeness (QED) is 0.640. The average molecular weight is 372 g/mol. The lowest BCUT2D eigenvalue weighted by Gasteiger charge is -2.21. The summed E-state index contributed by atoms with van der Waals surface area (Å²) in [4.78, 5) is 21.0. The van der Waals surface area contributed by atoms with Crippen molar-refractivity contribution in [3.8, 4) is 11.6 Å². The smallest absolute Gasteiger partial charge is 0.232 e. The van der Waals surface area contributed by atoms with Crippen LogP contribution in [0.4, 0.5) is 32.2 Å². The predicted octanol–water partition coefficient (Wildman–Crippen LogP) is 3.14. The van der Waals surface area contributed by atoms with Crippen LogP contribution in [0.1, 0.15) is 20.8 Å². The van der Waals surface area contributed by atoms with Crippen LogP contribution >= 0.6 is 0 Å². The summed E-state index contributed by atoms with van der Waals surface area (Å²) in [6.45, 7) is 5.80. The second kappa shape index (κ2) is 7.06. The lowest BCUT2D eigenvalue weighted by atomic mass is 10.1. The molecule has 2 aromatic heterocycles. The predicted molar refractivity (Wildman–Crippen MR) is 98.3 cm³/mol. The van der Waals surface area contributed by atoms with Crippen LogP contribution in [-0.2, 0) is 0 Å². The summed E-state index contributed by atoms with van der Waals surface area (Å²) >= 11 is 0. The Hall–Kier alpha value is -3.43. The number of nitrogen functional groups attached to an aromatic ring is 1. The van der Waals surface area contributed by atoms with Gasteiger partial charge in [0.25, 0.3) is 0 Å². The normalized spacial score (nSPS) is 11.3. The highest BCUT2D eigenvalue weighted by Gasteiger charge is 2.16. The molecule has 8 nitrogen and oxygen atoms in total. The van der Waals surface area contributed by atoms with E-state index in [-0.39, 0.29) is 40.6 Å². The van der Waals surface area contributed by atoms with E-state index in [1.54, 1.807) is 0 Å². The fourth-order valence-corrected chi connectivity index (χ4v) is 2.16. The molecule has 0 aliphatic heterocycles. The molecule has 2 heterocycles. The van der Waals surface area contributed by atoms with Crippen molar-refractivity contribution < 1.29 is 8.78 Å². The zero-order valence-electron chi connectivity index (χ0n) is 15.0. The van der Waals surface area contributed by atoms with Gasteiger partial charge in [0.15, 0.2) is 5.82 Å². The van der Waals surface area contributed by atoms with E-state index >= 15 is 0 Å². The molecule has 0 amide bonds. The first kappa shape index (κ1) is 18.4. The zero-order chi connectivity index (χ0) is 19.6. The van der Waals surface area contributed by atoms with E-state index in [0.29, 0.717) is 0 Å². The van der Waals surface area contributed by atoms with Crippen molar-refractivity contribution in [3.63, 3.8) is 0 Å². The fraction of sp³-hybridized carbons (Fsp3) is 0.235. The molecule has 0 radical (unpaired) electrons. The molecule has 3 rings (SSSR count). The standard InChI is InChI=1S/C17H18F2N8/c1-17(2,3)27-16-25-14(13-21-5-4-12(20)23-13)24-15(26-16)22-11-7-9(18)6-10(19)8-11/h4-8H,1-3H3,(H2,20,21,23)(H2,22,24,25,26,27). The Balaban J connectivity index is 2.03. The van der Waals surface area contributed by atoms with Crippen molar-refractivity contribution in [2.75, 3.05) is 16.4 Å². The molecule has 27 heavy (non-hydrogen) atoms. The number of nitrogens with one attached hydrogen (secondary N) is 2. The summed E-state index contributed by atoms with van der Waals surface area (Å²) in [6.07, 6.45) is 1.48. The van der Waals surface area contributed by atoms with Gasteiger partial charge >= 0.3 is 0 Å². The van der Waals surface area contributed by atoms with Crippen LogP contribution in [-0.4, -0.2) is 30.5 Å². The molecule has 0 spiro atoms. The van der Waals surface area contributed by atoms with Crippen LogP contribution < -0.4 is 16.4 Å². The number of hydrogen-bond donors (Lipinski definition) is 3. The van der Waals surface area contributed by atoms with Crippen molar-refractivity contribution in [1.29, 1.82) is 0 Å². The lowest BCUT2D eigenvalue weighted by molar-refractivity contribution is 0.584. The molecule has 0 saturated heterocycles. The number of anilines is 4. The third kappa shape index (κ3) is 5.03. The van der Waals surface area contributed by atoms with E-state index in [1.807, 2.05) is 20.8 Å². The summed E-state index contributed by atoms with van der Waals surface area (Å²) in [5.74, 6) is -0.516. The van der Waals surface area contributed by atoms with E-state index in [4.69, 9.17) is 5.73 Å². The molecule has 0 bridgehead atoms. The number of hydrogen-bond acceptors (Lipinski definition) is 8. The Kier molecular flexibility index (Phi) is 4.80. The minimum absolute atomic E-state index is 0.0720. The Morgan fingerprint density at radius 3 is 2.19 bits per heavy atom. The maximum atomic E-state index is 13.4. The van der Waals surface area contributed by atoms with Gasteiger partial charge in [-0.15, -0.1) is 0 Å². The van der Waals surface area contributed by atoms with E-state index in [9.17, 15) is 8.78 Å². The molecule has 1 aromatic carbocycles. The fourth-order valence-electron chi connectivity index (χ4n) is 2.16. The third-order valence-electron chi connectivity index (χ3n) is 3.12. The van der Waals surface area contributed by atoms with Crippen LogP contribution in [0.3, 0.4) is 0 Å². The molecule has 0 unspecified atom stereocenters. The van der Waals surface area contributed by atoms with Gasteiger partial charge in [-0.25, -0.2) is 18.7 Å². The molecule has 0 aliphatic carbocycles. The Labute approximate surface area is 154 Å². The van der Waals surface area contributed by atoms with Gasteiger partial charge < -0.3 is 16.4 Å². The largest absolute Gasteiger partial charge is 0.384 e. The number of benzene rings is 1. The average Bonchev–Trinajstić information content (AvgIpc) is 2.52. The van der Waals surface area contributed by atoms with Crippen molar-refractivity contribution >= 4 is 23.4 Å². The highest BCUT2D eigenvalue weighted by Crippen LogP contribution is 2.21. The molecule has 0 atom stereocenters. The maximum Gasteiger partial charge on any atom is 0.232 e. The molecule has 0 saturated carbocycles. The van der Waals surface area contributed by atoms with E-state index < -0.39 is 11.6 Å². The molecule has 4 N–H and O–H groups in total. The van der Waals surface area contributed by atoms with Crippen molar-refractivity contribution in [2.24, 2.45) is 0 Å². The topological polar surface area (TPSA) is 115 Å². The number of nitrogens with two attached hydrogens (primary N) is 1. The highest BCUT2D eigenvalue weighted by molar-refractivity contribution is 5.58. The number of nitrogens with zero attached hydrogens (tertiary/aromatic N) is 5. The summed E-state index contributed by atoms with van der Waals surface area (Å²) in [5, 5.41) is 5.89. The van der Waals surface area contributed by atoms with E-state index in [2.05, 4.69) is 35.6 Å². The molecule has 0 aliphatic rings. The third-order valence-corrected chi connectivity index (χ3v) is 3.12. The van der Waals surface area contributed by atoms with Crippen LogP contribution in [0.2, 0.25) is 0 Å². The van der Waals surface area contributed by atoms with Crippen LogP contribution in [0.5, 0.6) is 0 Å². The highest BCUT2D eigenvalue weighted by atomic mass is 19.1. The van der Waals surface area contributed by atoms with Crippen LogP contribution in [0.15, 0.2) is 30.5 Å². The van der Waals surface area contributed by atoms with Crippen molar-refractivity contribution in [3.05, 3.63) is 42.1 Å². The second-order valence-electron chi connectivity index (χ2n) is 6.77. The van der Waals surface area contributed by atoms with Crippen molar-refractivity contribution in [2.45, 2.75) is 26.3 Å². The van der Waals surface area contributed by atoms with Crippen molar-refractivity contribution in [1.82, 2.24) is 24.9 Å². The Morgan fingerprint density at radius 1 is 0.889 bits per heavy atom. The minimum atomic E-state index is -0.723. The first-order chi connectivity index (χ1) is 12.7. The summed E-state index contributed by atoms with van der Waals surface area (Å²) in [6, 6.07) is 4.56. The summed E-state index contributed by atoms with van der Waals surface area (Å²) in [5.41, 5.74) is 5.51. The molecule has 3 aromatic rings. The zero-order valence-corrected chi connectivity index (χ0v) is 15.0. The van der Waals surface area contributed by atoms with Gasteiger partial charge in [0.05, 0.1) is 0 Å². The molecular weight excluding hydrogens is 354 g/mol. The van der Waals surface area contributed by atoms with E-state index in [1.165, 1.54) is 12.3 Å². The Bertz CT molecular complexity index is 951. The maximum absolute atomic E-state index is 13.4. The minimum Gasteiger partial charge on any atom is -0.384 e. The number of halogens is 2. The van der Waals surface area contributed by atoms with Crippen LogP contribution in [0.25, 0.3) is 11.6 Å². The van der Waals surface area contributed by atoms with Gasteiger partial charge in [-0.3, -0.25) is 0 Å². The van der Waals surface area contributed by atoms with Gasteiger partial charge in [-0.05, 0) is 39.0 Å². The SMILES string of the molecule is CC(C)(C)Nc1nc(Nc2cc(F)cc(F)c2)nc(-c2nccc(N)n2)n1. The monoisotopic (exact) mass is 372 g/mol. The van der Waals surface area contributed by atoms with E-state index in [0.717, 1.165) is 18.2 Å². The second-order valence-corrected chi connectivity index (χ2v) is 6.77. The first-order valence-electron chi connectivity index (χ1n) is 8.04. The number of aromatic nitrogens is 5. The summed E-state index contributed by atoms with van der Waals surface area (Å²) < 4.78 is 26.9. The van der Waals surface area contributed by atoms with Gasteiger partial charge in [0, 0.05) is 23.5 Å². The van der Waals surface area contributed by atoms with Gasteiger partial charge in [-0.1, -0.05) is 0 Å². The Morgan fingerprint density at radius 2 is 1.56 bits per heavy atom. The van der Waals surface area contributed by atoms with Gasteiger partial charge in [0.2, 0.25) is 17.7 Å². The first-order valence-corrected chi connectivity index (χ1v) is 8.04.